The molecule has 1 aromatic carbocycles. The van der Waals surface area contributed by atoms with Crippen LogP contribution in [0.15, 0.2) is 30.3 Å². The van der Waals surface area contributed by atoms with Crippen LogP contribution in [0, 0.1) is 0 Å². The summed E-state index contributed by atoms with van der Waals surface area (Å²) in [6, 6.07) is 8.41. The van der Waals surface area contributed by atoms with Crippen molar-refractivity contribution in [2.45, 2.75) is 25.5 Å². The van der Waals surface area contributed by atoms with Gasteiger partial charge in [-0.2, -0.15) is 0 Å². The Morgan fingerprint density at radius 3 is 2.39 bits per heavy atom. The van der Waals surface area contributed by atoms with Crippen LogP contribution in [0.25, 0.3) is 0 Å². The maximum Gasteiger partial charge on any atom is 0.254 e. The Hall–Kier alpha value is -1.88. The molecule has 2 atom stereocenters. The molecule has 0 unspecified atom stereocenters. The van der Waals surface area contributed by atoms with Crippen molar-refractivity contribution in [3.63, 3.8) is 0 Å². The molecular weight excluding hydrogens is 232 g/mol. The van der Waals surface area contributed by atoms with Gasteiger partial charge in [-0.1, -0.05) is 37.3 Å². The number of hydrogen-bond donors (Lipinski definition) is 2. The molecule has 0 spiro atoms. The Bertz CT molecular complexity index is 406. The van der Waals surface area contributed by atoms with Gasteiger partial charge in [0, 0.05) is 7.11 Å². The number of carbonyl (C=O) groups excluding carboxylic acids is 2. The Morgan fingerprint density at radius 2 is 1.94 bits per heavy atom. The molecule has 3 N–H and O–H groups in total. The number of ether oxygens (including phenoxy) is 1. The summed E-state index contributed by atoms with van der Waals surface area (Å²) < 4.78 is 5.16. The summed E-state index contributed by atoms with van der Waals surface area (Å²) in [5.74, 6) is -0.914. The van der Waals surface area contributed by atoms with E-state index in [1.165, 1.54) is 7.11 Å². The number of primary amides is 1. The summed E-state index contributed by atoms with van der Waals surface area (Å²) in [6.45, 7) is 1.78. The number of methoxy groups -OCH3 is 1. The Balaban J connectivity index is 2.78. The maximum absolute atomic E-state index is 12.0. The molecule has 0 bridgehead atoms. The van der Waals surface area contributed by atoms with Gasteiger partial charge >= 0.3 is 0 Å². The highest BCUT2D eigenvalue weighted by Crippen LogP contribution is 2.16. The Morgan fingerprint density at radius 1 is 1.33 bits per heavy atom. The molecule has 18 heavy (non-hydrogen) atoms. The first kappa shape index (κ1) is 14.2. The lowest BCUT2D eigenvalue weighted by Crippen LogP contribution is -2.46. The van der Waals surface area contributed by atoms with E-state index in [2.05, 4.69) is 5.32 Å². The zero-order valence-corrected chi connectivity index (χ0v) is 10.6. The van der Waals surface area contributed by atoms with Crippen LogP contribution in [-0.4, -0.2) is 25.0 Å². The van der Waals surface area contributed by atoms with E-state index >= 15 is 0 Å². The average Bonchev–Trinajstić information content (AvgIpc) is 2.37. The lowest BCUT2D eigenvalue weighted by molar-refractivity contribution is -0.135. The molecule has 5 heteroatoms. The van der Waals surface area contributed by atoms with Crippen LogP contribution in [0.5, 0.6) is 0 Å². The molecule has 1 aromatic rings. The van der Waals surface area contributed by atoms with Crippen molar-refractivity contribution in [2.75, 3.05) is 7.11 Å². The normalized spacial score (nSPS) is 13.7. The zero-order valence-electron chi connectivity index (χ0n) is 10.6. The molecule has 0 heterocycles. The molecule has 2 amide bonds. The molecule has 0 aliphatic rings. The van der Waals surface area contributed by atoms with Crippen molar-refractivity contribution in [2.24, 2.45) is 5.73 Å². The predicted molar refractivity (Wildman–Crippen MR) is 67.6 cm³/mol. The number of amides is 2. The lowest BCUT2D eigenvalue weighted by atomic mass is 10.1. The predicted octanol–water partition coefficient (Wildman–Crippen LogP) is 0.754. The van der Waals surface area contributed by atoms with Crippen molar-refractivity contribution in [3.05, 3.63) is 35.9 Å². The summed E-state index contributed by atoms with van der Waals surface area (Å²) >= 11 is 0. The minimum absolute atomic E-state index is 0.366. The van der Waals surface area contributed by atoms with Gasteiger partial charge in [0.05, 0.1) is 0 Å². The van der Waals surface area contributed by atoms with Gasteiger partial charge in [-0.25, -0.2) is 0 Å². The van der Waals surface area contributed by atoms with Crippen LogP contribution in [0.4, 0.5) is 0 Å². The molecular formula is C13H18N2O3. The van der Waals surface area contributed by atoms with E-state index in [4.69, 9.17) is 10.5 Å². The van der Waals surface area contributed by atoms with E-state index in [0.29, 0.717) is 6.42 Å². The molecule has 1 rings (SSSR count). The minimum Gasteiger partial charge on any atom is -0.368 e. The zero-order chi connectivity index (χ0) is 13.5. The fourth-order valence-corrected chi connectivity index (χ4v) is 1.64. The van der Waals surface area contributed by atoms with Gasteiger partial charge in [-0.15, -0.1) is 0 Å². The van der Waals surface area contributed by atoms with Crippen LogP contribution in [0.2, 0.25) is 0 Å². The Labute approximate surface area is 106 Å². The van der Waals surface area contributed by atoms with Crippen LogP contribution in [-0.2, 0) is 14.3 Å². The van der Waals surface area contributed by atoms with Crippen LogP contribution in [0.1, 0.15) is 25.0 Å². The Kier molecular flexibility index (Phi) is 5.32. The van der Waals surface area contributed by atoms with Gasteiger partial charge in [-0.3, -0.25) is 9.59 Å². The van der Waals surface area contributed by atoms with Crippen LogP contribution >= 0.6 is 0 Å². The van der Waals surface area contributed by atoms with Crippen LogP contribution < -0.4 is 11.1 Å². The third-order valence-electron chi connectivity index (χ3n) is 2.64. The highest BCUT2D eigenvalue weighted by molar-refractivity contribution is 5.89. The summed E-state index contributed by atoms with van der Waals surface area (Å²) in [5.41, 5.74) is 5.91. The van der Waals surface area contributed by atoms with Gasteiger partial charge in [0.15, 0.2) is 6.10 Å². The largest absolute Gasteiger partial charge is 0.368 e. The van der Waals surface area contributed by atoms with E-state index in [-0.39, 0.29) is 5.91 Å². The van der Waals surface area contributed by atoms with Crippen molar-refractivity contribution in [1.82, 2.24) is 5.32 Å². The quantitative estimate of drug-likeness (QED) is 0.781. The second-order valence-corrected chi connectivity index (χ2v) is 3.90. The molecule has 0 radical (unpaired) electrons. The van der Waals surface area contributed by atoms with Gasteiger partial charge in [0.1, 0.15) is 6.04 Å². The van der Waals surface area contributed by atoms with Crippen LogP contribution in [0.3, 0.4) is 0 Å². The molecule has 0 aliphatic heterocycles. The number of rotatable bonds is 6. The second kappa shape index (κ2) is 6.76. The minimum atomic E-state index is -0.736. The maximum atomic E-state index is 12.0. The number of nitrogens with two attached hydrogens (primary N) is 1. The standard InChI is InChI=1S/C13H18N2O3/c1-3-10(12(14)16)15-13(17)11(18-2)9-7-5-4-6-8-9/h4-8,10-11H,3H2,1-2H3,(H2,14,16)(H,15,17)/t10-,11+/m0/s1. The number of hydrogen-bond acceptors (Lipinski definition) is 3. The third-order valence-corrected chi connectivity index (χ3v) is 2.64. The third kappa shape index (κ3) is 3.56. The fourth-order valence-electron chi connectivity index (χ4n) is 1.64. The van der Waals surface area contributed by atoms with E-state index in [0.717, 1.165) is 5.56 Å². The summed E-state index contributed by atoms with van der Waals surface area (Å²) in [6.07, 6.45) is -0.286. The van der Waals surface area contributed by atoms with Gasteiger partial charge in [0.2, 0.25) is 5.91 Å². The summed E-state index contributed by atoms with van der Waals surface area (Å²) in [5, 5.41) is 2.58. The number of nitrogens with one attached hydrogen (secondary N) is 1. The summed E-state index contributed by atoms with van der Waals surface area (Å²) in [7, 11) is 1.45. The first-order valence-electron chi connectivity index (χ1n) is 5.77. The molecule has 0 fully saturated rings. The van der Waals surface area contributed by atoms with Crippen molar-refractivity contribution >= 4 is 11.8 Å². The van der Waals surface area contributed by atoms with Crippen molar-refractivity contribution in [3.8, 4) is 0 Å². The highest BCUT2D eigenvalue weighted by Gasteiger charge is 2.24. The molecule has 0 aromatic heterocycles. The number of benzene rings is 1. The van der Waals surface area contributed by atoms with E-state index in [1.54, 1.807) is 19.1 Å². The van der Waals surface area contributed by atoms with Crippen molar-refractivity contribution in [1.29, 1.82) is 0 Å². The van der Waals surface area contributed by atoms with E-state index in [1.807, 2.05) is 18.2 Å². The average molecular weight is 250 g/mol. The molecule has 0 aliphatic carbocycles. The summed E-state index contributed by atoms with van der Waals surface area (Å²) in [4.78, 5) is 23.1. The first-order valence-corrected chi connectivity index (χ1v) is 5.77. The van der Waals surface area contributed by atoms with E-state index < -0.39 is 18.1 Å². The molecule has 98 valence electrons. The van der Waals surface area contributed by atoms with E-state index in [9.17, 15) is 9.59 Å². The monoisotopic (exact) mass is 250 g/mol. The fraction of sp³-hybridized carbons (Fsp3) is 0.385. The van der Waals surface area contributed by atoms with Gasteiger partial charge in [0.25, 0.3) is 5.91 Å². The van der Waals surface area contributed by atoms with Gasteiger partial charge < -0.3 is 15.8 Å². The smallest absolute Gasteiger partial charge is 0.254 e. The first-order chi connectivity index (χ1) is 8.60. The molecule has 0 saturated heterocycles. The van der Waals surface area contributed by atoms with Gasteiger partial charge in [-0.05, 0) is 12.0 Å². The SMILES string of the molecule is CC[C@H](NC(=O)[C@H](OC)c1ccccc1)C(N)=O. The second-order valence-electron chi connectivity index (χ2n) is 3.90. The topological polar surface area (TPSA) is 81.4 Å². The van der Waals surface area contributed by atoms with Crippen molar-refractivity contribution < 1.29 is 14.3 Å². The lowest BCUT2D eigenvalue weighted by Gasteiger charge is -2.19. The molecule has 5 nitrogen and oxygen atoms in total. The molecule has 0 saturated carbocycles. The number of carbonyl (C=O) groups is 2. The highest BCUT2D eigenvalue weighted by atomic mass is 16.5.